The molecule has 1 atom stereocenters. The maximum atomic E-state index is 12.6. The maximum absolute atomic E-state index is 12.6. The Hall–Kier alpha value is -2.32. The van der Waals surface area contributed by atoms with Gasteiger partial charge in [-0.05, 0) is 6.42 Å². The van der Waals surface area contributed by atoms with Crippen molar-refractivity contribution in [3.8, 4) is 0 Å². The fourth-order valence-corrected chi connectivity index (χ4v) is 3.20. The van der Waals surface area contributed by atoms with E-state index < -0.39 is 17.6 Å². The van der Waals surface area contributed by atoms with E-state index in [1.165, 1.54) is 11.8 Å². The van der Waals surface area contributed by atoms with Crippen LogP contribution in [0.3, 0.4) is 0 Å². The fourth-order valence-electron chi connectivity index (χ4n) is 3.20. The number of piperidine rings is 1. The SMILES string of the molecule is CC(=O)N[C@@H](CCC(N)=O)C(=O)N1CCC2(CC1)CN(C)C(=O)O2. The maximum Gasteiger partial charge on any atom is 0.410 e. The fraction of sp³-hybridized carbons (Fsp3) is 0.733. The third kappa shape index (κ3) is 4.15. The second-order valence-electron chi connectivity index (χ2n) is 6.49. The molecule has 0 unspecified atom stereocenters. The van der Waals surface area contributed by atoms with Crippen LogP contribution in [0, 0.1) is 0 Å². The molecule has 2 aliphatic heterocycles. The molecule has 0 aliphatic carbocycles. The molecule has 1 spiro atoms. The minimum Gasteiger partial charge on any atom is -0.441 e. The van der Waals surface area contributed by atoms with Gasteiger partial charge in [0.25, 0.3) is 0 Å². The van der Waals surface area contributed by atoms with Crippen molar-refractivity contribution >= 4 is 23.8 Å². The number of hydrogen-bond acceptors (Lipinski definition) is 5. The second kappa shape index (κ2) is 7.06. The normalized spacial score (nSPS) is 20.7. The van der Waals surface area contributed by atoms with Crippen LogP contribution in [0.1, 0.15) is 32.6 Å². The molecule has 0 saturated carbocycles. The first-order chi connectivity index (χ1) is 11.2. The van der Waals surface area contributed by atoms with Gasteiger partial charge >= 0.3 is 6.09 Å². The molecule has 3 N–H and O–H groups in total. The van der Waals surface area contributed by atoms with E-state index in [2.05, 4.69) is 5.32 Å². The van der Waals surface area contributed by atoms with Crippen molar-refractivity contribution in [2.24, 2.45) is 5.73 Å². The lowest BCUT2D eigenvalue weighted by Gasteiger charge is -2.38. The van der Waals surface area contributed by atoms with E-state index in [-0.39, 0.29) is 30.7 Å². The van der Waals surface area contributed by atoms with Crippen molar-refractivity contribution in [3.63, 3.8) is 0 Å². The molecule has 0 aromatic rings. The summed E-state index contributed by atoms with van der Waals surface area (Å²) in [5.74, 6) is -1.09. The van der Waals surface area contributed by atoms with Gasteiger partial charge in [-0.2, -0.15) is 0 Å². The first-order valence-corrected chi connectivity index (χ1v) is 8.01. The highest BCUT2D eigenvalue weighted by molar-refractivity contribution is 5.87. The van der Waals surface area contributed by atoms with Crippen LogP contribution in [0.2, 0.25) is 0 Å². The predicted octanol–water partition coefficient (Wildman–Crippen LogP) is -0.800. The summed E-state index contributed by atoms with van der Waals surface area (Å²) in [6.45, 7) is 2.72. The molecule has 4 amide bonds. The highest BCUT2D eigenvalue weighted by Crippen LogP contribution is 2.32. The number of amides is 4. The Labute approximate surface area is 140 Å². The number of likely N-dealkylation sites (N-methyl/N-ethyl adjacent to an activating group) is 1. The zero-order chi connectivity index (χ0) is 17.9. The average Bonchev–Trinajstić information content (AvgIpc) is 2.77. The molecule has 2 aliphatic rings. The molecule has 2 saturated heterocycles. The van der Waals surface area contributed by atoms with Gasteiger partial charge in [0.2, 0.25) is 17.7 Å². The van der Waals surface area contributed by atoms with E-state index in [9.17, 15) is 19.2 Å². The van der Waals surface area contributed by atoms with Crippen molar-refractivity contribution in [3.05, 3.63) is 0 Å². The molecule has 2 fully saturated rings. The molecule has 9 nitrogen and oxygen atoms in total. The number of primary amides is 1. The van der Waals surface area contributed by atoms with Crippen LogP contribution in [-0.4, -0.2) is 71.9 Å². The zero-order valence-electron chi connectivity index (χ0n) is 14.0. The van der Waals surface area contributed by atoms with Gasteiger partial charge in [-0.15, -0.1) is 0 Å². The first-order valence-electron chi connectivity index (χ1n) is 8.01. The molecule has 9 heteroatoms. The summed E-state index contributed by atoms with van der Waals surface area (Å²) in [6, 6.07) is -0.766. The molecular formula is C15H24N4O5. The number of carbonyl (C=O) groups excluding carboxylic acids is 4. The highest BCUT2D eigenvalue weighted by Gasteiger charge is 2.46. The summed E-state index contributed by atoms with van der Waals surface area (Å²) < 4.78 is 5.45. The van der Waals surface area contributed by atoms with Crippen molar-refractivity contribution in [2.45, 2.75) is 44.2 Å². The molecule has 0 aromatic heterocycles. The lowest BCUT2D eigenvalue weighted by molar-refractivity contribution is -0.139. The van der Waals surface area contributed by atoms with Crippen molar-refractivity contribution in [1.82, 2.24) is 15.1 Å². The van der Waals surface area contributed by atoms with Gasteiger partial charge in [-0.1, -0.05) is 0 Å². The summed E-state index contributed by atoms with van der Waals surface area (Å²) in [6.07, 6.45) is 0.964. The van der Waals surface area contributed by atoms with Crippen LogP contribution in [0.4, 0.5) is 4.79 Å². The molecule has 0 aromatic carbocycles. The van der Waals surface area contributed by atoms with Crippen LogP contribution in [-0.2, 0) is 19.1 Å². The zero-order valence-corrected chi connectivity index (χ0v) is 14.0. The van der Waals surface area contributed by atoms with Crippen LogP contribution in [0.5, 0.6) is 0 Å². The lowest BCUT2D eigenvalue weighted by Crippen LogP contribution is -2.54. The van der Waals surface area contributed by atoms with Gasteiger partial charge in [0.15, 0.2) is 0 Å². The van der Waals surface area contributed by atoms with Crippen molar-refractivity contribution in [1.29, 1.82) is 0 Å². The van der Waals surface area contributed by atoms with Crippen LogP contribution in [0.15, 0.2) is 0 Å². The second-order valence-corrected chi connectivity index (χ2v) is 6.49. The van der Waals surface area contributed by atoms with Crippen LogP contribution < -0.4 is 11.1 Å². The topological polar surface area (TPSA) is 122 Å². The number of hydrogen-bond donors (Lipinski definition) is 2. The Morgan fingerprint density at radius 1 is 1.33 bits per heavy atom. The Bertz CT molecular complexity index is 542. The Morgan fingerprint density at radius 3 is 2.42 bits per heavy atom. The van der Waals surface area contributed by atoms with E-state index in [1.807, 2.05) is 0 Å². The summed E-state index contributed by atoms with van der Waals surface area (Å²) in [7, 11) is 1.69. The Kier molecular flexibility index (Phi) is 5.30. The quantitative estimate of drug-likeness (QED) is 0.678. The van der Waals surface area contributed by atoms with Gasteiger partial charge in [0.1, 0.15) is 11.6 Å². The van der Waals surface area contributed by atoms with Crippen molar-refractivity contribution < 1.29 is 23.9 Å². The number of nitrogens with zero attached hydrogens (tertiary/aromatic N) is 2. The number of carbonyl (C=O) groups is 4. The summed E-state index contributed by atoms with van der Waals surface area (Å²) in [5.41, 5.74) is 4.60. The minimum absolute atomic E-state index is 0.0247. The number of nitrogens with one attached hydrogen (secondary N) is 1. The standard InChI is InChI=1S/C15H24N4O5/c1-10(20)17-11(3-4-12(16)21)13(22)19-7-5-15(6-8-19)9-18(2)14(23)24-15/h11H,3-9H2,1-2H3,(H2,16,21)(H,17,20)/t11-/m0/s1. The molecule has 2 rings (SSSR count). The van der Waals surface area contributed by atoms with Crippen LogP contribution in [0.25, 0.3) is 0 Å². The third-order valence-corrected chi connectivity index (χ3v) is 4.48. The number of nitrogens with two attached hydrogens (primary N) is 1. The number of ether oxygens (including phenoxy) is 1. The largest absolute Gasteiger partial charge is 0.441 e. The van der Waals surface area contributed by atoms with Gasteiger partial charge in [-0.3, -0.25) is 14.4 Å². The molecule has 0 radical (unpaired) electrons. The van der Waals surface area contributed by atoms with E-state index in [0.717, 1.165) is 0 Å². The Morgan fingerprint density at radius 2 is 1.96 bits per heavy atom. The van der Waals surface area contributed by atoms with Gasteiger partial charge in [0.05, 0.1) is 6.54 Å². The summed E-state index contributed by atoms with van der Waals surface area (Å²) >= 11 is 0. The smallest absolute Gasteiger partial charge is 0.410 e. The average molecular weight is 340 g/mol. The Balaban J connectivity index is 1.95. The summed E-state index contributed by atoms with van der Waals surface area (Å²) in [4.78, 5) is 49.6. The summed E-state index contributed by atoms with van der Waals surface area (Å²) in [5, 5.41) is 2.58. The van der Waals surface area contributed by atoms with Gasteiger partial charge in [0, 0.05) is 46.3 Å². The van der Waals surface area contributed by atoms with E-state index >= 15 is 0 Å². The first kappa shape index (κ1) is 18.0. The van der Waals surface area contributed by atoms with E-state index in [1.54, 1.807) is 11.9 Å². The monoisotopic (exact) mass is 340 g/mol. The number of rotatable bonds is 5. The molecule has 24 heavy (non-hydrogen) atoms. The van der Waals surface area contributed by atoms with Crippen molar-refractivity contribution in [2.75, 3.05) is 26.7 Å². The van der Waals surface area contributed by atoms with Gasteiger partial charge in [-0.25, -0.2) is 4.79 Å². The minimum atomic E-state index is -0.766. The van der Waals surface area contributed by atoms with E-state index in [0.29, 0.717) is 32.5 Å². The van der Waals surface area contributed by atoms with Crippen LogP contribution >= 0.6 is 0 Å². The molecule has 2 heterocycles. The molecule has 134 valence electrons. The molecular weight excluding hydrogens is 316 g/mol. The number of likely N-dealkylation sites (tertiary alicyclic amines) is 1. The third-order valence-electron chi connectivity index (χ3n) is 4.48. The van der Waals surface area contributed by atoms with E-state index in [4.69, 9.17) is 10.5 Å². The highest BCUT2D eigenvalue weighted by atomic mass is 16.6. The molecule has 0 bridgehead atoms. The lowest BCUT2D eigenvalue weighted by atomic mass is 9.91. The predicted molar refractivity (Wildman–Crippen MR) is 83.7 cm³/mol. The van der Waals surface area contributed by atoms with Gasteiger partial charge < -0.3 is 25.6 Å².